The predicted octanol–water partition coefficient (Wildman–Crippen LogP) is 5.80. The van der Waals surface area contributed by atoms with Crippen molar-refractivity contribution in [1.29, 1.82) is 5.26 Å². The fourth-order valence-corrected chi connectivity index (χ4v) is 5.84. The smallest absolute Gasteiger partial charge is 0.254 e. The first-order valence-corrected chi connectivity index (χ1v) is 12.5. The number of hydrogen-bond donors (Lipinski definition) is 0. The second-order valence-electron chi connectivity index (χ2n) is 8.72. The summed E-state index contributed by atoms with van der Waals surface area (Å²) in [4.78, 5) is 15.4. The minimum absolute atomic E-state index is 0.0778. The van der Waals surface area contributed by atoms with Crippen molar-refractivity contribution >= 4 is 17.7 Å². The molecule has 168 valence electrons. The van der Waals surface area contributed by atoms with Crippen LogP contribution in [0.2, 0.25) is 0 Å². The molecule has 1 aromatic heterocycles. The summed E-state index contributed by atoms with van der Waals surface area (Å²) in [6, 6.07) is 21.8. The van der Waals surface area contributed by atoms with E-state index in [4.69, 9.17) is 14.4 Å². The number of piperidine rings is 1. The molecule has 5 nitrogen and oxygen atoms in total. The van der Waals surface area contributed by atoms with Gasteiger partial charge in [-0.1, -0.05) is 18.2 Å². The zero-order valence-corrected chi connectivity index (χ0v) is 19.2. The number of carbonyl (C=O) groups is 1. The largest absolute Gasteiger partial charge is 0.490 e. The average Bonchev–Trinajstić information content (AvgIpc) is 3.45. The van der Waals surface area contributed by atoms with Crippen LogP contribution in [0, 0.1) is 11.3 Å². The Hall–Kier alpha value is -3.17. The topological polar surface area (TPSA) is 66.5 Å². The SMILES string of the molecule is N#Cc1cccc(OC2CC3CCC(C2)N3C(=O)c2ccc(CSCc3ccco3)cc2)c1. The summed E-state index contributed by atoms with van der Waals surface area (Å²) in [5.74, 6) is 3.57. The number of rotatable bonds is 7. The van der Waals surface area contributed by atoms with Gasteiger partial charge in [-0.05, 0) is 60.9 Å². The van der Waals surface area contributed by atoms with E-state index < -0.39 is 0 Å². The normalized spacial score (nSPS) is 21.5. The summed E-state index contributed by atoms with van der Waals surface area (Å²) in [5.41, 5.74) is 2.57. The highest BCUT2D eigenvalue weighted by Crippen LogP contribution is 2.38. The number of nitrogens with zero attached hydrogens (tertiary/aromatic N) is 2. The van der Waals surface area contributed by atoms with Crippen molar-refractivity contribution in [2.24, 2.45) is 0 Å². The van der Waals surface area contributed by atoms with Crippen molar-refractivity contribution < 1.29 is 13.9 Å². The van der Waals surface area contributed by atoms with Crippen LogP contribution in [-0.4, -0.2) is 29.0 Å². The molecular formula is C27H26N2O3S. The Morgan fingerprint density at radius 2 is 1.85 bits per heavy atom. The highest BCUT2D eigenvalue weighted by Gasteiger charge is 2.44. The van der Waals surface area contributed by atoms with E-state index in [0.717, 1.165) is 54.3 Å². The van der Waals surface area contributed by atoms with Gasteiger partial charge in [0.25, 0.3) is 5.91 Å². The number of hydrogen-bond acceptors (Lipinski definition) is 5. The van der Waals surface area contributed by atoms with Gasteiger partial charge in [-0.15, -0.1) is 11.8 Å². The molecule has 2 bridgehead atoms. The number of benzene rings is 2. The van der Waals surface area contributed by atoms with Gasteiger partial charge in [-0.3, -0.25) is 4.79 Å². The summed E-state index contributed by atoms with van der Waals surface area (Å²) < 4.78 is 11.6. The third kappa shape index (κ3) is 4.94. The van der Waals surface area contributed by atoms with Gasteiger partial charge < -0.3 is 14.1 Å². The molecule has 5 rings (SSSR count). The number of ether oxygens (including phenoxy) is 1. The zero-order chi connectivity index (χ0) is 22.6. The van der Waals surface area contributed by atoms with Gasteiger partial charge >= 0.3 is 0 Å². The van der Waals surface area contributed by atoms with E-state index in [1.54, 1.807) is 30.2 Å². The standard InChI is InChI=1S/C27H26N2O3S/c28-16-20-3-1-4-24(13-20)32-26-14-22-10-11-23(15-26)29(22)27(30)21-8-6-19(7-9-21)17-33-18-25-5-2-12-31-25/h1-9,12-13,22-23,26H,10-11,14-15,17-18H2. The van der Waals surface area contributed by atoms with Crippen LogP contribution in [0.4, 0.5) is 0 Å². The molecule has 1 amide bonds. The van der Waals surface area contributed by atoms with E-state index in [1.807, 2.05) is 36.4 Å². The molecule has 2 aromatic carbocycles. The Bertz CT molecular complexity index is 1120. The maximum Gasteiger partial charge on any atom is 0.254 e. The molecule has 0 N–H and O–H groups in total. The molecule has 0 radical (unpaired) electrons. The minimum atomic E-state index is 0.0778. The molecule has 33 heavy (non-hydrogen) atoms. The molecule has 3 aromatic rings. The van der Waals surface area contributed by atoms with E-state index in [1.165, 1.54) is 5.56 Å². The molecule has 2 unspecified atom stereocenters. The summed E-state index contributed by atoms with van der Waals surface area (Å²) in [6.45, 7) is 0. The maximum atomic E-state index is 13.3. The molecule has 2 atom stereocenters. The van der Waals surface area contributed by atoms with Gasteiger partial charge in [-0.25, -0.2) is 0 Å². The van der Waals surface area contributed by atoms with Crippen molar-refractivity contribution in [1.82, 2.24) is 4.90 Å². The van der Waals surface area contributed by atoms with Crippen LogP contribution in [0.15, 0.2) is 71.3 Å². The molecule has 2 fully saturated rings. The lowest BCUT2D eigenvalue weighted by Crippen LogP contribution is -2.49. The van der Waals surface area contributed by atoms with Gasteiger partial charge in [-0.2, -0.15) is 5.26 Å². The summed E-state index contributed by atoms with van der Waals surface area (Å²) >= 11 is 1.80. The number of carbonyl (C=O) groups excluding carboxylic acids is 1. The highest BCUT2D eigenvalue weighted by atomic mass is 32.2. The first-order valence-electron chi connectivity index (χ1n) is 11.4. The predicted molar refractivity (Wildman–Crippen MR) is 128 cm³/mol. The van der Waals surface area contributed by atoms with Crippen LogP contribution in [0.5, 0.6) is 5.75 Å². The lowest BCUT2D eigenvalue weighted by molar-refractivity contribution is 0.0359. The molecule has 3 heterocycles. The second kappa shape index (κ2) is 9.76. The van der Waals surface area contributed by atoms with Crippen LogP contribution in [0.1, 0.15) is 52.9 Å². The Kier molecular flexibility index (Phi) is 6.41. The minimum Gasteiger partial charge on any atom is -0.490 e. The number of fused-ring (bicyclic) bond motifs is 2. The molecule has 0 spiro atoms. The lowest BCUT2D eigenvalue weighted by atomic mass is 9.98. The van der Waals surface area contributed by atoms with Crippen molar-refractivity contribution in [3.63, 3.8) is 0 Å². The van der Waals surface area contributed by atoms with Gasteiger partial charge in [0.1, 0.15) is 17.6 Å². The number of amides is 1. The third-order valence-electron chi connectivity index (χ3n) is 6.48. The van der Waals surface area contributed by atoms with E-state index in [9.17, 15) is 4.79 Å². The van der Waals surface area contributed by atoms with Gasteiger partial charge in [0.15, 0.2) is 0 Å². The summed E-state index contributed by atoms with van der Waals surface area (Å²) in [7, 11) is 0. The fraction of sp³-hybridized carbons (Fsp3) is 0.333. The summed E-state index contributed by atoms with van der Waals surface area (Å²) in [6.07, 6.45) is 5.49. The molecule has 2 aliphatic heterocycles. The maximum absolute atomic E-state index is 13.3. The van der Waals surface area contributed by atoms with Crippen molar-refractivity contribution in [2.45, 2.75) is 55.4 Å². The van der Waals surface area contributed by atoms with E-state index >= 15 is 0 Å². The van der Waals surface area contributed by atoms with Crippen LogP contribution in [-0.2, 0) is 11.5 Å². The molecule has 6 heteroatoms. The van der Waals surface area contributed by atoms with Crippen molar-refractivity contribution in [3.8, 4) is 11.8 Å². The Balaban J connectivity index is 1.18. The molecule has 2 aliphatic rings. The first-order chi connectivity index (χ1) is 16.2. The van der Waals surface area contributed by atoms with E-state index in [2.05, 4.69) is 23.1 Å². The lowest BCUT2D eigenvalue weighted by Gasteiger charge is -2.39. The van der Waals surface area contributed by atoms with Crippen LogP contribution >= 0.6 is 11.8 Å². The van der Waals surface area contributed by atoms with Crippen molar-refractivity contribution in [2.75, 3.05) is 0 Å². The number of furan rings is 1. The fourth-order valence-electron chi connectivity index (χ4n) is 4.94. The van der Waals surface area contributed by atoms with E-state index in [-0.39, 0.29) is 24.1 Å². The second-order valence-corrected chi connectivity index (χ2v) is 9.70. The Labute approximate surface area is 198 Å². The van der Waals surface area contributed by atoms with Crippen LogP contribution < -0.4 is 4.74 Å². The number of nitriles is 1. The quantitative estimate of drug-likeness (QED) is 0.448. The van der Waals surface area contributed by atoms with Crippen molar-refractivity contribution in [3.05, 3.63) is 89.4 Å². The zero-order valence-electron chi connectivity index (χ0n) is 18.4. The number of thioether (sulfide) groups is 1. The van der Waals surface area contributed by atoms with E-state index in [0.29, 0.717) is 5.56 Å². The molecule has 0 aliphatic carbocycles. The third-order valence-corrected chi connectivity index (χ3v) is 7.51. The van der Waals surface area contributed by atoms with Crippen LogP contribution in [0.25, 0.3) is 0 Å². The van der Waals surface area contributed by atoms with Crippen LogP contribution in [0.3, 0.4) is 0 Å². The highest BCUT2D eigenvalue weighted by molar-refractivity contribution is 7.97. The first kappa shape index (κ1) is 21.7. The molecule has 2 saturated heterocycles. The van der Waals surface area contributed by atoms with Gasteiger partial charge in [0, 0.05) is 36.2 Å². The summed E-state index contributed by atoms with van der Waals surface area (Å²) in [5, 5.41) is 9.11. The molecular weight excluding hydrogens is 432 g/mol. The monoisotopic (exact) mass is 458 g/mol. The molecule has 0 saturated carbocycles. The van der Waals surface area contributed by atoms with Gasteiger partial charge in [0.05, 0.1) is 23.6 Å². The average molecular weight is 459 g/mol. The Morgan fingerprint density at radius 3 is 2.55 bits per heavy atom. The Morgan fingerprint density at radius 1 is 1.06 bits per heavy atom. The van der Waals surface area contributed by atoms with Gasteiger partial charge in [0.2, 0.25) is 0 Å².